The number of hydrogen-bond donors (Lipinski definition) is 1. The van der Waals surface area contributed by atoms with Gasteiger partial charge in [0.1, 0.15) is 5.69 Å². The van der Waals surface area contributed by atoms with Gasteiger partial charge in [0.25, 0.3) is 0 Å². The zero-order valence-corrected chi connectivity index (χ0v) is 15.8. The molecular formula is C19H21ClN4O2. The molecule has 0 aliphatic heterocycles. The molecule has 0 aliphatic carbocycles. The molecule has 0 unspecified atom stereocenters. The van der Waals surface area contributed by atoms with E-state index in [9.17, 15) is 4.79 Å². The average Bonchev–Trinajstić information content (AvgIpc) is 3.17. The van der Waals surface area contributed by atoms with Gasteiger partial charge in [0, 0.05) is 30.8 Å². The SMILES string of the molecule is Cc1nn(C)c(C)c1CCC(=O)NCc1cc(-c2ccccc2Cl)on1. The second-order valence-corrected chi connectivity index (χ2v) is 6.62. The quantitative estimate of drug-likeness (QED) is 0.717. The van der Waals surface area contributed by atoms with Crippen LogP contribution in [0.5, 0.6) is 0 Å². The van der Waals surface area contributed by atoms with Gasteiger partial charge in [-0.2, -0.15) is 5.10 Å². The van der Waals surface area contributed by atoms with Crippen molar-refractivity contribution in [2.24, 2.45) is 7.05 Å². The maximum Gasteiger partial charge on any atom is 0.220 e. The summed E-state index contributed by atoms with van der Waals surface area (Å²) in [6, 6.07) is 9.19. The summed E-state index contributed by atoms with van der Waals surface area (Å²) in [6.07, 6.45) is 1.07. The van der Waals surface area contributed by atoms with E-state index in [4.69, 9.17) is 16.1 Å². The molecule has 3 aromatic rings. The lowest BCUT2D eigenvalue weighted by Gasteiger charge is -2.04. The Morgan fingerprint density at radius 2 is 2.08 bits per heavy atom. The highest BCUT2D eigenvalue weighted by molar-refractivity contribution is 6.33. The van der Waals surface area contributed by atoms with Crippen LogP contribution >= 0.6 is 11.6 Å². The minimum atomic E-state index is -0.0325. The number of halogens is 1. The van der Waals surface area contributed by atoms with E-state index in [1.807, 2.05) is 43.8 Å². The minimum absolute atomic E-state index is 0.0325. The van der Waals surface area contributed by atoms with Gasteiger partial charge in [-0.1, -0.05) is 28.9 Å². The van der Waals surface area contributed by atoms with Crippen LogP contribution in [0.15, 0.2) is 34.9 Å². The summed E-state index contributed by atoms with van der Waals surface area (Å²) >= 11 is 6.16. The van der Waals surface area contributed by atoms with Gasteiger partial charge >= 0.3 is 0 Å². The van der Waals surface area contributed by atoms with Gasteiger partial charge in [0.2, 0.25) is 5.91 Å². The minimum Gasteiger partial charge on any atom is -0.356 e. The van der Waals surface area contributed by atoms with Crippen molar-refractivity contribution in [3.63, 3.8) is 0 Å². The largest absolute Gasteiger partial charge is 0.356 e. The first kappa shape index (κ1) is 18.2. The summed E-state index contributed by atoms with van der Waals surface area (Å²) in [5, 5.41) is 11.8. The summed E-state index contributed by atoms with van der Waals surface area (Å²) < 4.78 is 7.17. The molecule has 0 saturated carbocycles. The fourth-order valence-corrected chi connectivity index (χ4v) is 3.11. The Labute approximate surface area is 157 Å². The molecule has 2 heterocycles. The third-order valence-corrected chi connectivity index (χ3v) is 4.76. The molecular weight excluding hydrogens is 352 g/mol. The fourth-order valence-electron chi connectivity index (χ4n) is 2.88. The van der Waals surface area contributed by atoms with E-state index < -0.39 is 0 Å². The molecule has 0 aliphatic rings. The molecule has 0 radical (unpaired) electrons. The van der Waals surface area contributed by atoms with Crippen molar-refractivity contribution in [2.45, 2.75) is 33.2 Å². The molecule has 0 atom stereocenters. The number of aryl methyl sites for hydroxylation is 2. The number of carbonyl (C=O) groups is 1. The van der Waals surface area contributed by atoms with Crippen molar-refractivity contribution >= 4 is 17.5 Å². The maximum absolute atomic E-state index is 12.1. The van der Waals surface area contributed by atoms with Crippen LogP contribution in [0.1, 0.15) is 29.1 Å². The van der Waals surface area contributed by atoms with Crippen molar-refractivity contribution in [1.29, 1.82) is 0 Å². The first-order chi connectivity index (χ1) is 12.5. The topological polar surface area (TPSA) is 73.0 Å². The highest BCUT2D eigenvalue weighted by Crippen LogP contribution is 2.27. The zero-order valence-electron chi connectivity index (χ0n) is 15.0. The van der Waals surface area contributed by atoms with Crippen LogP contribution in [-0.2, 0) is 24.8 Å². The average molecular weight is 373 g/mol. The van der Waals surface area contributed by atoms with Crippen molar-refractivity contribution in [3.05, 3.63) is 58.0 Å². The van der Waals surface area contributed by atoms with Crippen LogP contribution in [0.3, 0.4) is 0 Å². The second kappa shape index (κ2) is 7.74. The molecule has 26 heavy (non-hydrogen) atoms. The fraction of sp³-hybridized carbons (Fsp3) is 0.316. The van der Waals surface area contributed by atoms with Gasteiger partial charge in [-0.15, -0.1) is 0 Å². The number of rotatable bonds is 6. The molecule has 2 aromatic heterocycles. The van der Waals surface area contributed by atoms with Crippen LogP contribution in [0.25, 0.3) is 11.3 Å². The van der Waals surface area contributed by atoms with Gasteiger partial charge in [0.05, 0.1) is 17.3 Å². The first-order valence-electron chi connectivity index (χ1n) is 8.42. The van der Waals surface area contributed by atoms with Gasteiger partial charge < -0.3 is 9.84 Å². The number of benzene rings is 1. The summed E-state index contributed by atoms with van der Waals surface area (Å²) in [6.45, 7) is 4.29. The summed E-state index contributed by atoms with van der Waals surface area (Å²) in [7, 11) is 1.91. The molecule has 136 valence electrons. The van der Waals surface area contributed by atoms with Crippen LogP contribution in [-0.4, -0.2) is 20.8 Å². The highest BCUT2D eigenvalue weighted by Gasteiger charge is 2.13. The Hall–Kier alpha value is -2.60. The molecule has 1 aromatic carbocycles. The van der Waals surface area contributed by atoms with Crippen molar-refractivity contribution in [2.75, 3.05) is 0 Å². The van der Waals surface area contributed by atoms with E-state index in [0.717, 1.165) is 22.5 Å². The molecule has 0 saturated heterocycles. The predicted molar refractivity (Wildman–Crippen MR) is 99.8 cm³/mol. The summed E-state index contributed by atoms with van der Waals surface area (Å²) in [5.74, 6) is 0.552. The zero-order chi connectivity index (χ0) is 18.7. The Balaban J connectivity index is 1.55. The second-order valence-electron chi connectivity index (χ2n) is 6.21. The van der Waals surface area contributed by atoms with Gasteiger partial charge in [-0.05, 0) is 38.0 Å². The summed E-state index contributed by atoms with van der Waals surface area (Å²) in [4.78, 5) is 12.1. The number of amides is 1. The number of nitrogens with one attached hydrogen (secondary N) is 1. The Bertz CT molecular complexity index is 930. The van der Waals surface area contributed by atoms with E-state index in [-0.39, 0.29) is 5.91 Å². The molecule has 0 fully saturated rings. The first-order valence-corrected chi connectivity index (χ1v) is 8.79. The normalized spacial score (nSPS) is 10.9. The lowest BCUT2D eigenvalue weighted by molar-refractivity contribution is -0.121. The molecule has 7 heteroatoms. The summed E-state index contributed by atoms with van der Waals surface area (Å²) in [5.41, 5.74) is 4.63. The van der Waals surface area contributed by atoms with E-state index in [1.54, 1.807) is 12.1 Å². The maximum atomic E-state index is 12.1. The molecule has 0 spiro atoms. The van der Waals surface area contributed by atoms with Crippen LogP contribution < -0.4 is 5.32 Å². The highest BCUT2D eigenvalue weighted by atomic mass is 35.5. The Morgan fingerprint density at radius 1 is 1.31 bits per heavy atom. The third-order valence-electron chi connectivity index (χ3n) is 4.43. The van der Waals surface area contributed by atoms with Gasteiger partial charge in [-0.3, -0.25) is 9.48 Å². The van der Waals surface area contributed by atoms with Gasteiger partial charge in [0.15, 0.2) is 5.76 Å². The number of carbonyl (C=O) groups excluding carboxylic acids is 1. The lowest BCUT2D eigenvalue weighted by Crippen LogP contribution is -2.23. The van der Waals surface area contributed by atoms with E-state index >= 15 is 0 Å². The van der Waals surface area contributed by atoms with Crippen molar-refractivity contribution in [3.8, 4) is 11.3 Å². The molecule has 0 bridgehead atoms. The van der Waals surface area contributed by atoms with E-state index in [2.05, 4.69) is 15.6 Å². The number of nitrogens with zero attached hydrogens (tertiary/aromatic N) is 3. The monoisotopic (exact) mass is 372 g/mol. The van der Waals surface area contributed by atoms with Crippen LogP contribution in [0.2, 0.25) is 5.02 Å². The molecule has 1 amide bonds. The number of hydrogen-bond acceptors (Lipinski definition) is 4. The number of aromatic nitrogens is 3. The van der Waals surface area contributed by atoms with Gasteiger partial charge in [-0.25, -0.2) is 0 Å². The standard InChI is InChI=1S/C19H21ClN4O2/c1-12-15(13(2)24(3)22-12)8-9-19(25)21-11-14-10-18(26-23-14)16-6-4-5-7-17(16)20/h4-7,10H,8-9,11H2,1-3H3,(H,21,25). The van der Waals surface area contributed by atoms with Crippen molar-refractivity contribution < 1.29 is 9.32 Å². The smallest absolute Gasteiger partial charge is 0.220 e. The van der Waals surface area contributed by atoms with Crippen LogP contribution in [0, 0.1) is 13.8 Å². The molecule has 6 nitrogen and oxygen atoms in total. The predicted octanol–water partition coefficient (Wildman–Crippen LogP) is 3.59. The van der Waals surface area contributed by atoms with E-state index in [1.165, 1.54) is 0 Å². The molecule has 1 N–H and O–H groups in total. The van der Waals surface area contributed by atoms with Crippen LogP contribution in [0.4, 0.5) is 0 Å². The van der Waals surface area contributed by atoms with Crippen molar-refractivity contribution in [1.82, 2.24) is 20.3 Å². The lowest BCUT2D eigenvalue weighted by atomic mass is 10.1. The molecule has 3 rings (SSSR count). The Kier molecular flexibility index (Phi) is 5.42. The Morgan fingerprint density at radius 3 is 2.77 bits per heavy atom. The van der Waals surface area contributed by atoms with E-state index in [0.29, 0.717) is 35.9 Å². The third kappa shape index (κ3) is 3.96.